The molecule has 0 bridgehead atoms. The number of hydrogen-bond donors (Lipinski definition) is 1. The fraction of sp³-hybridized carbons (Fsp3) is 0.300. The second kappa shape index (κ2) is 4.78. The van der Waals surface area contributed by atoms with Gasteiger partial charge in [0.15, 0.2) is 0 Å². The maximum Gasteiger partial charge on any atom is 0.138 e. The fourth-order valence-corrected chi connectivity index (χ4v) is 1.57. The predicted molar refractivity (Wildman–Crippen MR) is 58.9 cm³/mol. The van der Waals surface area contributed by atoms with Crippen LogP contribution in [0.4, 0.5) is 0 Å². The standard InChI is InChI=1S/C10H11Cl2NO/c1-6(14)8(5-13)7-2-3-9(11)10(12)4-7/h2-4,8H,5,13H2,1H3/t8-/m0/s1. The van der Waals surface area contributed by atoms with Crippen molar-refractivity contribution < 1.29 is 4.79 Å². The molecule has 0 radical (unpaired) electrons. The quantitative estimate of drug-likeness (QED) is 0.870. The van der Waals surface area contributed by atoms with Gasteiger partial charge in [-0.05, 0) is 24.6 Å². The molecular formula is C10H11Cl2NO. The number of halogens is 2. The normalized spacial score (nSPS) is 12.6. The van der Waals surface area contributed by atoms with Crippen LogP contribution >= 0.6 is 23.2 Å². The van der Waals surface area contributed by atoms with Gasteiger partial charge in [0.25, 0.3) is 0 Å². The van der Waals surface area contributed by atoms with E-state index < -0.39 is 0 Å². The lowest BCUT2D eigenvalue weighted by Crippen LogP contribution is -2.19. The Morgan fingerprint density at radius 3 is 2.50 bits per heavy atom. The molecule has 0 amide bonds. The summed E-state index contributed by atoms with van der Waals surface area (Å²) in [6, 6.07) is 5.13. The molecule has 1 aromatic carbocycles. The Bertz CT molecular complexity index is 352. The number of carbonyl (C=O) groups is 1. The number of carbonyl (C=O) groups excluding carboxylic acids is 1. The zero-order chi connectivity index (χ0) is 10.7. The molecule has 0 saturated carbocycles. The Morgan fingerprint density at radius 2 is 2.07 bits per heavy atom. The fourth-order valence-electron chi connectivity index (χ4n) is 1.27. The van der Waals surface area contributed by atoms with Crippen molar-refractivity contribution in [3.63, 3.8) is 0 Å². The zero-order valence-electron chi connectivity index (χ0n) is 7.76. The first-order valence-electron chi connectivity index (χ1n) is 4.21. The number of hydrogen-bond acceptors (Lipinski definition) is 2. The minimum absolute atomic E-state index is 0.0332. The summed E-state index contributed by atoms with van der Waals surface area (Å²) in [6.07, 6.45) is 0. The Morgan fingerprint density at radius 1 is 1.43 bits per heavy atom. The summed E-state index contributed by atoms with van der Waals surface area (Å²) >= 11 is 11.6. The molecule has 0 aromatic heterocycles. The molecule has 76 valence electrons. The van der Waals surface area contributed by atoms with E-state index in [2.05, 4.69) is 0 Å². The first-order chi connectivity index (χ1) is 6.56. The van der Waals surface area contributed by atoms with Gasteiger partial charge in [-0.3, -0.25) is 4.79 Å². The van der Waals surface area contributed by atoms with Gasteiger partial charge in [0.05, 0.1) is 16.0 Å². The monoisotopic (exact) mass is 231 g/mol. The van der Waals surface area contributed by atoms with Crippen LogP contribution in [0.5, 0.6) is 0 Å². The molecule has 0 unspecified atom stereocenters. The SMILES string of the molecule is CC(=O)[C@H](CN)c1ccc(Cl)c(Cl)c1. The number of benzene rings is 1. The van der Waals surface area contributed by atoms with Crippen molar-refractivity contribution in [1.82, 2.24) is 0 Å². The predicted octanol–water partition coefficient (Wildman–Crippen LogP) is 2.62. The van der Waals surface area contributed by atoms with Crippen molar-refractivity contribution in [3.8, 4) is 0 Å². The van der Waals surface area contributed by atoms with Crippen molar-refractivity contribution in [1.29, 1.82) is 0 Å². The summed E-state index contributed by atoms with van der Waals surface area (Å²) in [4.78, 5) is 11.2. The second-order valence-corrected chi connectivity index (χ2v) is 3.89. The molecule has 0 heterocycles. The van der Waals surface area contributed by atoms with Crippen molar-refractivity contribution in [2.45, 2.75) is 12.8 Å². The third-order valence-electron chi connectivity index (χ3n) is 2.07. The first-order valence-corrected chi connectivity index (χ1v) is 4.97. The van der Waals surface area contributed by atoms with E-state index in [9.17, 15) is 4.79 Å². The van der Waals surface area contributed by atoms with Gasteiger partial charge >= 0.3 is 0 Å². The van der Waals surface area contributed by atoms with Gasteiger partial charge in [0.1, 0.15) is 5.78 Å². The highest BCUT2D eigenvalue weighted by molar-refractivity contribution is 6.42. The second-order valence-electron chi connectivity index (χ2n) is 3.07. The highest BCUT2D eigenvalue weighted by Crippen LogP contribution is 2.26. The van der Waals surface area contributed by atoms with Gasteiger partial charge in [-0.2, -0.15) is 0 Å². The molecule has 0 aliphatic rings. The summed E-state index contributed by atoms with van der Waals surface area (Å²) in [5.41, 5.74) is 6.31. The lowest BCUT2D eigenvalue weighted by atomic mass is 9.96. The molecule has 14 heavy (non-hydrogen) atoms. The van der Waals surface area contributed by atoms with Crippen molar-refractivity contribution in [3.05, 3.63) is 33.8 Å². The van der Waals surface area contributed by atoms with E-state index in [0.717, 1.165) is 5.56 Å². The van der Waals surface area contributed by atoms with Crippen LogP contribution in [-0.4, -0.2) is 12.3 Å². The van der Waals surface area contributed by atoms with Crippen LogP contribution in [0, 0.1) is 0 Å². The molecule has 4 heteroatoms. The van der Waals surface area contributed by atoms with Crippen molar-refractivity contribution >= 4 is 29.0 Å². The lowest BCUT2D eigenvalue weighted by Gasteiger charge is -2.11. The van der Waals surface area contributed by atoms with E-state index in [-0.39, 0.29) is 18.2 Å². The minimum Gasteiger partial charge on any atom is -0.329 e. The molecule has 2 N–H and O–H groups in total. The zero-order valence-corrected chi connectivity index (χ0v) is 9.27. The van der Waals surface area contributed by atoms with Gasteiger partial charge in [-0.25, -0.2) is 0 Å². The molecule has 2 nitrogen and oxygen atoms in total. The maximum absolute atomic E-state index is 11.2. The third kappa shape index (κ3) is 2.47. The number of rotatable bonds is 3. The van der Waals surface area contributed by atoms with Crippen LogP contribution < -0.4 is 5.73 Å². The third-order valence-corrected chi connectivity index (χ3v) is 2.81. The van der Waals surface area contributed by atoms with Gasteiger partial charge in [-0.15, -0.1) is 0 Å². The van der Waals surface area contributed by atoms with E-state index in [1.54, 1.807) is 18.2 Å². The Labute approximate surface area is 93.0 Å². The molecule has 1 aromatic rings. The summed E-state index contributed by atoms with van der Waals surface area (Å²) in [7, 11) is 0. The van der Waals surface area contributed by atoms with Gasteiger partial charge in [-0.1, -0.05) is 29.3 Å². The average molecular weight is 232 g/mol. The number of nitrogens with two attached hydrogens (primary N) is 1. The minimum atomic E-state index is -0.287. The number of Topliss-reactive ketones (excluding diaryl/α,β-unsaturated/α-hetero) is 1. The molecule has 0 aliphatic carbocycles. The molecule has 1 rings (SSSR count). The lowest BCUT2D eigenvalue weighted by molar-refractivity contribution is -0.118. The topological polar surface area (TPSA) is 43.1 Å². The molecule has 0 aliphatic heterocycles. The van der Waals surface area contributed by atoms with E-state index >= 15 is 0 Å². The average Bonchev–Trinajstić information content (AvgIpc) is 2.11. The van der Waals surface area contributed by atoms with Crippen LogP contribution in [0.3, 0.4) is 0 Å². The van der Waals surface area contributed by atoms with Crippen LogP contribution in [-0.2, 0) is 4.79 Å². The smallest absolute Gasteiger partial charge is 0.138 e. The molecular weight excluding hydrogens is 221 g/mol. The maximum atomic E-state index is 11.2. The van der Waals surface area contributed by atoms with E-state index in [0.29, 0.717) is 10.0 Å². The summed E-state index contributed by atoms with van der Waals surface area (Å²) in [5.74, 6) is -0.254. The van der Waals surface area contributed by atoms with Crippen molar-refractivity contribution in [2.24, 2.45) is 5.73 Å². The van der Waals surface area contributed by atoms with Gasteiger partial charge in [0.2, 0.25) is 0 Å². The van der Waals surface area contributed by atoms with E-state index in [1.807, 2.05) is 0 Å². The Balaban J connectivity index is 3.06. The molecule has 0 saturated heterocycles. The van der Waals surface area contributed by atoms with Crippen LogP contribution in [0.25, 0.3) is 0 Å². The largest absolute Gasteiger partial charge is 0.329 e. The summed E-state index contributed by atoms with van der Waals surface area (Å²) in [5, 5.41) is 0.929. The van der Waals surface area contributed by atoms with Crippen molar-refractivity contribution in [2.75, 3.05) is 6.54 Å². The Hall–Kier alpha value is -0.570. The van der Waals surface area contributed by atoms with Gasteiger partial charge in [0, 0.05) is 6.54 Å². The van der Waals surface area contributed by atoms with E-state index in [1.165, 1.54) is 6.92 Å². The first kappa shape index (κ1) is 11.5. The Kier molecular flexibility index (Phi) is 3.93. The van der Waals surface area contributed by atoms with Crippen LogP contribution in [0.2, 0.25) is 10.0 Å². The van der Waals surface area contributed by atoms with Gasteiger partial charge < -0.3 is 5.73 Å². The van der Waals surface area contributed by atoms with E-state index in [4.69, 9.17) is 28.9 Å². The highest BCUT2D eigenvalue weighted by Gasteiger charge is 2.15. The molecule has 0 fully saturated rings. The highest BCUT2D eigenvalue weighted by atomic mass is 35.5. The summed E-state index contributed by atoms with van der Waals surface area (Å²) in [6.45, 7) is 1.80. The summed E-state index contributed by atoms with van der Waals surface area (Å²) < 4.78 is 0. The molecule has 0 spiro atoms. The van der Waals surface area contributed by atoms with Crippen LogP contribution in [0.15, 0.2) is 18.2 Å². The van der Waals surface area contributed by atoms with Crippen LogP contribution in [0.1, 0.15) is 18.4 Å². The number of ketones is 1. The molecule has 1 atom stereocenters.